The monoisotopic (exact) mass is 348 g/mol. The lowest BCUT2D eigenvalue weighted by Crippen LogP contribution is -1.99. The second kappa shape index (κ2) is 14.8. The fraction of sp³-hybridized carbons (Fsp3) is 0.682. The number of hydrogen-bond donors (Lipinski definition) is 0. The molecule has 0 amide bonds. The Kier molecular flexibility index (Phi) is 12.7. The van der Waals surface area contributed by atoms with Gasteiger partial charge < -0.3 is 9.47 Å². The Labute approximate surface area is 153 Å². The molecule has 0 aliphatic heterocycles. The summed E-state index contributed by atoms with van der Waals surface area (Å²) in [7, 11) is 1.50. The average molecular weight is 349 g/mol. The molecule has 1 aromatic carbocycles. The largest absolute Gasteiger partial charge is 0.494 e. The summed E-state index contributed by atoms with van der Waals surface area (Å²) in [4.78, 5) is 11.6. The molecule has 142 valence electrons. The molecule has 0 spiro atoms. The summed E-state index contributed by atoms with van der Waals surface area (Å²) in [5, 5.41) is 0. The fourth-order valence-electron chi connectivity index (χ4n) is 2.93. The van der Waals surface area contributed by atoms with Crippen LogP contribution >= 0.6 is 0 Å². The molecule has 0 saturated carbocycles. The van der Waals surface area contributed by atoms with Crippen LogP contribution in [0.2, 0.25) is 0 Å². The Hall–Kier alpha value is -1.51. The molecule has 0 bridgehead atoms. The summed E-state index contributed by atoms with van der Waals surface area (Å²) < 4.78 is 10.7. The number of rotatable bonds is 15. The quantitative estimate of drug-likeness (QED) is 0.357. The van der Waals surface area contributed by atoms with Crippen molar-refractivity contribution in [2.45, 2.75) is 84.0 Å². The van der Waals surface area contributed by atoms with Crippen molar-refractivity contribution in [3.8, 4) is 11.5 Å². The van der Waals surface area contributed by atoms with Crippen molar-refractivity contribution in [1.29, 1.82) is 0 Å². The Morgan fingerprint density at radius 1 is 0.720 bits per heavy atom. The smallest absolute Gasteiger partial charge is 0.220 e. The predicted molar refractivity (Wildman–Crippen MR) is 106 cm³/mol. The Morgan fingerprint density at radius 3 is 1.80 bits per heavy atom. The summed E-state index contributed by atoms with van der Waals surface area (Å²) in [5.74, 6) is 1.07. The molecular weight excluding hydrogens is 312 g/mol. The number of unbranched alkanes of at least 4 members (excludes halogenated alkanes) is 11. The van der Waals surface area contributed by atoms with E-state index < -0.39 is 0 Å². The molecule has 0 saturated heterocycles. The van der Waals surface area contributed by atoms with Gasteiger partial charge in [-0.2, -0.15) is 0 Å². The molecule has 0 heterocycles. The van der Waals surface area contributed by atoms with E-state index in [1.54, 1.807) is 18.2 Å². The summed E-state index contributed by atoms with van der Waals surface area (Å²) in [6.07, 6.45) is 16.1. The molecule has 0 aromatic heterocycles. The van der Waals surface area contributed by atoms with Crippen molar-refractivity contribution in [1.82, 2.24) is 0 Å². The molecule has 0 N–H and O–H groups in total. The molecule has 1 aromatic rings. The third-order valence-corrected chi connectivity index (χ3v) is 4.53. The first kappa shape index (κ1) is 21.5. The van der Waals surface area contributed by atoms with Crippen molar-refractivity contribution in [3.05, 3.63) is 34.5 Å². The van der Waals surface area contributed by atoms with E-state index in [-0.39, 0.29) is 5.43 Å². The van der Waals surface area contributed by atoms with Crippen LogP contribution in [0.5, 0.6) is 11.5 Å². The van der Waals surface area contributed by atoms with Crippen LogP contribution in [0.25, 0.3) is 0 Å². The number of methoxy groups -OCH3 is 1. The Bertz CT molecular complexity index is 499. The van der Waals surface area contributed by atoms with Gasteiger partial charge in [0.1, 0.15) is 5.75 Å². The minimum Gasteiger partial charge on any atom is -0.494 e. The molecule has 3 nitrogen and oxygen atoms in total. The van der Waals surface area contributed by atoms with Gasteiger partial charge in [-0.05, 0) is 30.7 Å². The fourth-order valence-corrected chi connectivity index (χ4v) is 2.93. The first-order valence-electron chi connectivity index (χ1n) is 10.1. The van der Waals surface area contributed by atoms with Gasteiger partial charge >= 0.3 is 0 Å². The summed E-state index contributed by atoms with van der Waals surface area (Å²) in [5.41, 5.74) is -0.122. The maximum Gasteiger partial charge on any atom is 0.220 e. The Morgan fingerprint density at radius 2 is 1.24 bits per heavy atom. The highest BCUT2D eigenvalue weighted by Crippen LogP contribution is 2.13. The molecular formula is C22H36O3. The van der Waals surface area contributed by atoms with Crippen molar-refractivity contribution in [3.63, 3.8) is 0 Å². The molecule has 0 unspecified atom stereocenters. The van der Waals surface area contributed by atoms with E-state index in [0.717, 1.165) is 12.2 Å². The van der Waals surface area contributed by atoms with Gasteiger partial charge in [0.05, 0.1) is 13.7 Å². The second-order valence-electron chi connectivity index (χ2n) is 6.74. The zero-order valence-electron chi connectivity index (χ0n) is 16.2. The van der Waals surface area contributed by atoms with E-state index >= 15 is 0 Å². The molecule has 0 atom stereocenters. The zero-order chi connectivity index (χ0) is 18.2. The van der Waals surface area contributed by atoms with E-state index in [1.807, 2.05) is 0 Å². The first-order chi connectivity index (χ1) is 12.3. The van der Waals surface area contributed by atoms with E-state index in [1.165, 1.54) is 83.8 Å². The van der Waals surface area contributed by atoms with Gasteiger partial charge in [0, 0.05) is 0 Å². The summed E-state index contributed by atoms with van der Waals surface area (Å²) >= 11 is 0. The van der Waals surface area contributed by atoms with Crippen LogP contribution in [0, 0.1) is 0 Å². The topological polar surface area (TPSA) is 35.5 Å². The lowest BCUT2D eigenvalue weighted by molar-refractivity contribution is 0.304. The minimum absolute atomic E-state index is 0.122. The minimum atomic E-state index is -0.122. The van der Waals surface area contributed by atoms with Gasteiger partial charge in [-0.1, -0.05) is 77.6 Å². The van der Waals surface area contributed by atoms with Crippen molar-refractivity contribution in [2.75, 3.05) is 13.7 Å². The van der Waals surface area contributed by atoms with Gasteiger partial charge in [-0.25, -0.2) is 0 Å². The Balaban J connectivity index is 1.97. The van der Waals surface area contributed by atoms with Crippen LogP contribution in [0.3, 0.4) is 0 Å². The lowest BCUT2D eigenvalue weighted by atomic mass is 10.1. The van der Waals surface area contributed by atoms with E-state index in [4.69, 9.17) is 9.47 Å². The van der Waals surface area contributed by atoms with Crippen LogP contribution in [-0.4, -0.2) is 13.7 Å². The number of hydrogen-bond acceptors (Lipinski definition) is 3. The van der Waals surface area contributed by atoms with E-state index in [2.05, 4.69) is 6.92 Å². The van der Waals surface area contributed by atoms with Gasteiger partial charge in [-0.15, -0.1) is 0 Å². The summed E-state index contributed by atoms with van der Waals surface area (Å²) in [6, 6.07) is 6.67. The molecule has 0 fully saturated rings. The second-order valence-corrected chi connectivity index (χ2v) is 6.74. The zero-order valence-corrected chi connectivity index (χ0v) is 16.2. The van der Waals surface area contributed by atoms with E-state index in [9.17, 15) is 4.79 Å². The molecule has 0 radical (unpaired) electrons. The molecule has 0 aliphatic rings. The van der Waals surface area contributed by atoms with Crippen LogP contribution in [-0.2, 0) is 0 Å². The SMILES string of the molecule is CCCCCCCCCCCCCCOc1ccc(OC)c(=O)cc1. The molecule has 1 rings (SSSR count). The van der Waals surface area contributed by atoms with Gasteiger partial charge in [0.25, 0.3) is 0 Å². The standard InChI is InChI=1S/C22H36O3/c1-3-4-5-6-7-8-9-10-11-12-13-14-19-25-20-15-17-21(23)22(24-2)18-16-20/h15-18H,3-14,19H2,1-2H3. The summed E-state index contributed by atoms with van der Waals surface area (Å²) in [6.45, 7) is 2.97. The number of ether oxygens (including phenoxy) is 2. The van der Waals surface area contributed by atoms with Crippen LogP contribution in [0.15, 0.2) is 29.1 Å². The third kappa shape index (κ3) is 10.9. The maximum atomic E-state index is 11.6. The van der Waals surface area contributed by atoms with Crippen LogP contribution in [0.1, 0.15) is 84.0 Å². The van der Waals surface area contributed by atoms with Crippen molar-refractivity contribution in [2.24, 2.45) is 0 Å². The lowest BCUT2D eigenvalue weighted by Gasteiger charge is -2.05. The van der Waals surface area contributed by atoms with Gasteiger partial charge in [0.2, 0.25) is 5.43 Å². The van der Waals surface area contributed by atoms with Crippen LogP contribution in [0.4, 0.5) is 0 Å². The van der Waals surface area contributed by atoms with E-state index in [0.29, 0.717) is 12.4 Å². The highest BCUT2D eigenvalue weighted by Gasteiger charge is 1.98. The van der Waals surface area contributed by atoms with Crippen molar-refractivity contribution >= 4 is 0 Å². The van der Waals surface area contributed by atoms with Gasteiger partial charge in [0.15, 0.2) is 5.75 Å². The highest BCUT2D eigenvalue weighted by molar-refractivity contribution is 5.28. The molecule has 25 heavy (non-hydrogen) atoms. The predicted octanol–water partition coefficient (Wildman–Crippen LogP) is 6.14. The molecule has 3 heteroatoms. The third-order valence-electron chi connectivity index (χ3n) is 4.53. The average Bonchev–Trinajstić information content (AvgIpc) is 2.80. The normalized spacial score (nSPS) is 10.6. The van der Waals surface area contributed by atoms with Crippen molar-refractivity contribution < 1.29 is 9.47 Å². The van der Waals surface area contributed by atoms with Crippen LogP contribution < -0.4 is 14.9 Å². The highest BCUT2D eigenvalue weighted by atomic mass is 16.5. The van der Waals surface area contributed by atoms with Gasteiger partial charge in [-0.3, -0.25) is 4.79 Å². The first-order valence-corrected chi connectivity index (χ1v) is 10.1. The maximum absolute atomic E-state index is 11.6. The molecule has 0 aliphatic carbocycles.